The monoisotopic (exact) mass is 423 g/mol. The van der Waals surface area contributed by atoms with E-state index in [-0.39, 0.29) is 24.5 Å². The second-order valence-electron chi connectivity index (χ2n) is 6.97. The van der Waals surface area contributed by atoms with Crippen LogP contribution in [0.15, 0.2) is 66.8 Å². The van der Waals surface area contributed by atoms with Crippen molar-refractivity contribution >= 4 is 17.4 Å². The van der Waals surface area contributed by atoms with E-state index in [4.69, 9.17) is 9.47 Å². The number of hydrogen-bond donors (Lipinski definition) is 2. The Kier molecular flexibility index (Phi) is 7.10. The van der Waals surface area contributed by atoms with Crippen molar-refractivity contribution < 1.29 is 29.3 Å². The highest BCUT2D eigenvalue weighted by atomic mass is 16.5. The Hall–Kier alpha value is -3.58. The number of likely N-dealkylation sites (tertiary alicyclic amines) is 1. The molecule has 0 saturated carbocycles. The van der Waals surface area contributed by atoms with Gasteiger partial charge in [-0.3, -0.25) is 9.59 Å². The number of aliphatic hydroxyl groups excluding tert-OH is 2. The van der Waals surface area contributed by atoms with Crippen LogP contribution >= 0.6 is 0 Å². The number of ketones is 1. The lowest BCUT2D eigenvalue weighted by Gasteiger charge is -2.25. The maximum atomic E-state index is 12.9. The van der Waals surface area contributed by atoms with E-state index in [1.54, 1.807) is 61.7 Å². The summed E-state index contributed by atoms with van der Waals surface area (Å²) in [5, 5.41) is 20.2. The van der Waals surface area contributed by atoms with Crippen molar-refractivity contribution in [2.24, 2.45) is 0 Å². The van der Waals surface area contributed by atoms with Crippen molar-refractivity contribution in [1.82, 2.24) is 4.90 Å². The lowest BCUT2D eigenvalue weighted by molar-refractivity contribution is -0.140. The first kappa shape index (κ1) is 22.1. The van der Waals surface area contributed by atoms with Crippen LogP contribution in [0.1, 0.15) is 23.6 Å². The molecule has 0 aliphatic carbocycles. The normalized spacial score (nSPS) is 17.6. The number of rotatable bonds is 9. The third kappa shape index (κ3) is 4.62. The standard InChI is InChI=1S/C24H25NO6/c1-3-15-31-19-11-7-17(8-12-19)22(27)20-21(16-5-9-18(30-2)10-6-16)25(13-4-14-26)24(29)23(20)28/h3,5-12,21,26-27H,1,4,13-15H2,2H3. The Morgan fingerprint density at radius 2 is 1.74 bits per heavy atom. The predicted molar refractivity (Wildman–Crippen MR) is 116 cm³/mol. The predicted octanol–water partition coefficient (Wildman–Crippen LogP) is 3.06. The number of hydrogen-bond acceptors (Lipinski definition) is 6. The molecule has 0 radical (unpaired) electrons. The molecule has 162 valence electrons. The Morgan fingerprint density at radius 3 is 2.32 bits per heavy atom. The smallest absolute Gasteiger partial charge is 0.295 e. The van der Waals surface area contributed by atoms with Crippen molar-refractivity contribution in [3.8, 4) is 11.5 Å². The molecule has 7 heteroatoms. The van der Waals surface area contributed by atoms with E-state index >= 15 is 0 Å². The fourth-order valence-electron chi connectivity index (χ4n) is 3.50. The average molecular weight is 423 g/mol. The molecule has 1 aliphatic rings. The molecule has 0 bridgehead atoms. The quantitative estimate of drug-likeness (QED) is 0.279. The topological polar surface area (TPSA) is 96.3 Å². The second kappa shape index (κ2) is 9.95. The third-order valence-corrected chi connectivity index (χ3v) is 5.02. The maximum Gasteiger partial charge on any atom is 0.295 e. The lowest BCUT2D eigenvalue weighted by atomic mass is 9.95. The Bertz CT molecular complexity index is 978. The van der Waals surface area contributed by atoms with Gasteiger partial charge in [-0.05, 0) is 48.4 Å². The van der Waals surface area contributed by atoms with Gasteiger partial charge in [-0.2, -0.15) is 0 Å². The van der Waals surface area contributed by atoms with E-state index < -0.39 is 17.7 Å². The van der Waals surface area contributed by atoms with Gasteiger partial charge >= 0.3 is 0 Å². The van der Waals surface area contributed by atoms with Gasteiger partial charge in [-0.15, -0.1) is 0 Å². The van der Waals surface area contributed by atoms with Crippen LogP contribution in [-0.2, 0) is 9.59 Å². The number of nitrogens with zero attached hydrogens (tertiary/aromatic N) is 1. The number of aliphatic hydroxyl groups is 2. The van der Waals surface area contributed by atoms with Crippen LogP contribution in [0.4, 0.5) is 0 Å². The molecule has 1 saturated heterocycles. The molecule has 0 spiro atoms. The fraction of sp³-hybridized carbons (Fsp3) is 0.250. The summed E-state index contributed by atoms with van der Waals surface area (Å²) >= 11 is 0. The molecule has 31 heavy (non-hydrogen) atoms. The summed E-state index contributed by atoms with van der Waals surface area (Å²) in [7, 11) is 1.55. The Balaban J connectivity index is 2.05. The van der Waals surface area contributed by atoms with Crippen molar-refractivity contribution in [3.05, 3.63) is 77.9 Å². The van der Waals surface area contributed by atoms with Crippen LogP contribution in [0.5, 0.6) is 11.5 Å². The van der Waals surface area contributed by atoms with Gasteiger partial charge in [0.1, 0.15) is 23.9 Å². The van der Waals surface area contributed by atoms with Crippen LogP contribution in [0, 0.1) is 0 Å². The molecule has 2 aromatic carbocycles. The number of ether oxygens (including phenoxy) is 2. The summed E-state index contributed by atoms with van der Waals surface area (Å²) in [5.74, 6) is -0.511. The molecule has 2 aromatic rings. The van der Waals surface area contributed by atoms with Crippen molar-refractivity contribution in [2.45, 2.75) is 12.5 Å². The Labute approximate surface area is 180 Å². The van der Waals surface area contributed by atoms with E-state index in [9.17, 15) is 19.8 Å². The van der Waals surface area contributed by atoms with Crippen molar-refractivity contribution in [1.29, 1.82) is 0 Å². The molecule has 7 nitrogen and oxygen atoms in total. The number of methoxy groups -OCH3 is 1. The van der Waals surface area contributed by atoms with Crippen LogP contribution in [0.3, 0.4) is 0 Å². The van der Waals surface area contributed by atoms with Crippen LogP contribution in [-0.4, -0.2) is 53.7 Å². The molecule has 1 aliphatic heterocycles. The van der Waals surface area contributed by atoms with Crippen LogP contribution < -0.4 is 9.47 Å². The van der Waals surface area contributed by atoms with Gasteiger partial charge in [0.15, 0.2) is 0 Å². The zero-order valence-corrected chi connectivity index (χ0v) is 17.3. The number of Topliss-reactive ketones (excluding diaryl/α,β-unsaturated/α-hetero) is 1. The van der Waals surface area contributed by atoms with Gasteiger partial charge < -0.3 is 24.6 Å². The molecule has 1 unspecified atom stereocenters. The molecular formula is C24H25NO6. The third-order valence-electron chi connectivity index (χ3n) is 5.02. The minimum atomic E-state index is -0.769. The van der Waals surface area contributed by atoms with Crippen LogP contribution in [0.2, 0.25) is 0 Å². The molecule has 1 heterocycles. The van der Waals surface area contributed by atoms with Gasteiger partial charge in [0.05, 0.1) is 18.7 Å². The first-order valence-electron chi connectivity index (χ1n) is 9.89. The fourth-order valence-corrected chi connectivity index (χ4v) is 3.50. The summed E-state index contributed by atoms with van der Waals surface area (Å²) in [6.07, 6.45) is 1.94. The summed E-state index contributed by atoms with van der Waals surface area (Å²) in [6, 6.07) is 12.8. The molecule has 1 fully saturated rings. The molecule has 2 N–H and O–H groups in total. The molecular weight excluding hydrogens is 398 g/mol. The summed E-state index contributed by atoms with van der Waals surface area (Å²) in [5.41, 5.74) is 1.06. The van der Waals surface area contributed by atoms with Gasteiger partial charge in [0.2, 0.25) is 0 Å². The number of carbonyl (C=O) groups is 2. The zero-order chi connectivity index (χ0) is 22.4. The first-order valence-corrected chi connectivity index (χ1v) is 9.89. The summed E-state index contributed by atoms with van der Waals surface area (Å²) in [4.78, 5) is 27.0. The van der Waals surface area contributed by atoms with Gasteiger partial charge in [0.25, 0.3) is 11.7 Å². The molecule has 1 atom stereocenters. The van der Waals surface area contributed by atoms with Crippen molar-refractivity contribution in [2.75, 3.05) is 26.9 Å². The molecule has 3 rings (SSSR count). The highest BCUT2D eigenvalue weighted by Gasteiger charge is 2.45. The first-order chi connectivity index (χ1) is 15.0. The van der Waals surface area contributed by atoms with E-state index in [2.05, 4.69) is 6.58 Å². The van der Waals surface area contributed by atoms with E-state index in [0.717, 1.165) is 0 Å². The average Bonchev–Trinajstić information content (AvgIpc) is 3.06. The van der Waals surface area contributed by atoms with E-state index in [0.29, 0.717) is 35.7 Å². The lowest BCUT2D eigenvalue weighted by Crippen LogP contribution is -2.31. The SMILES string of the molecule is C=CCOc1ccc(C(O)=C2C(=O)C(=O)N(CCCO)C2c2ccc(OC)cc2)cc1. The zero-order valence-electron chi connectivity index (χ0n) is 17.3. The second-order valence-corrected chi connectivity index (χ2v) is 6.97. The minimum Gasteiger partial charge on any atom is -0.507 e. The largest absolute Gasteiger partial charge is 0.507 e. The molecule has 1 amide bonds. The highest BCUT2D eigenvalue weighted by molar-refractivity contribution is 6.46. The highest BCUT2D eigenvalue weighted by Crippen LogP contribution is 2.40. The van der Waals surface area contributed by atoms with Gasteiger partial charge in [-0.25, -0.2) is 0 Å². The minimum absolute atomic E-state index is 0.00728. The molecule has 0 aromatic heterocycles. The van der Waals surface area contributed by atoms with Gasteiger partial charge in [0, 0.05) is 18.7 Å². The Morgan fingerprint density at radius 1 is 1.10 bits per heavy atom. The van der Waals surface area contributed by atoms with E-state index in [1.165, 1.54) is 4.90 Å². The number of benzene rings is 2. The van der Waals surface area contributed by atoms with Crippen LogP contribution in [0.25, 0.3) is 5.76 Å². The van der Waals surface area contributed by atoms with Gasteiger partial charge in [-0.1, -0.05) is 24.8 Å². The number of amides is 1. The maximum absolute atomic E-state index is 12.9. The van der Waals surface area contributed by atoms with Crippen molar-refractivity contribution in [3.63, 3.8) is 0 Å². The summed E-state index contributed by atoms with van der Waals surface area (Å²) in [6.45, 7) is 4.00. The summed E-state index contributed by atoms with van der Waals surface area (Å²) < 4.78 is 10.6. The van der Waals surface area contributed by atoms with E-state index in [1.807, 2.05) is 0 Å². The number of carbonyl (C=O) groups excluding carboxylic acids is 2.